The van der Waals surface area contributed by atoms with Gasteiger partial charge in [-0.05, 0) is 24.1 Å². The second-order valence-corrected chi connectivity index (χ2v) is 7.32. The minimum atomic E-state index is -0.0258. The van der Waals surface area contributed by atoms with E-state index < -0.39 is 0 Å². The first kappa shape index (κ1) is 19.2. The second-order valence-electron chi connectivity index (χ2n) is 7.32. The summed E-state index contributed by atoms with van der Waals surface area (Å²) in [6.07, 6.45) is 2.26. The number of benzene rings is 2. The van der Waals surface area contributed by atoms with Crippen LogP contribution in [0.5, 0.6) is 11.5 Å². The van der Waals surface area contributed by atoms with Gasteiger partial charge in [-0.3, -0.25) is 4.79 Å². The van der Waals surface area contributed by atoms with Crippen molar-refractivity contribution in [2.75, 3.05) is 18.7 Å². The van der Waals surface area contributed by atoms with Crippen LogP contribution in [0.1, 0.15) is 44.4 Å². The molecule has 5 heteroatoms. The summed E-state index contributed by atoms with van der Waals surface area (Å²) in [5.41, 5.74) is 3.35. The van der Waals surface area contributed by atoms with Crippen molar-refractivity contribution in [2.24, 2.45) is 5.92 Å². The normalized spacial score (nSPS) is 13.6. The zero-order valence-electron chi connectivity index (χ0n) is 16.3. The molecule has 5 nitrogen and oxygen atoms in total. The number of amides is 1. The molecule has 0 unspecified atom stereocenters. The first-order valence-electron chi connectivity index (χ1n) is 9.68. The Morgan fingerprint density at radius 2 is 1.85 bits per heavy atom. The highest BCUT2D eigenvalue weighted by Gasteiger charge is 2.21. The first-order valence-corrected chi connectivity index (χ1v) is 9.68. The van der Waals surface area contributed by atoms with E-state index in [1.54, 1.807) is 6.07 Å². The number of rotatable bonds is 8. The third kappa shape index (κ3) is 5.01. The van der Waals surface area contributed by atoms with Crippen LogP contribution in [0, 0.1) is 5.92 Å². The molecule has 1 atom stereocenters. The van der Waals surface area contributed by atoms with Gasteiger partial charge in [-0.1, -0.05) is 51.5 Å². The summed E-state index contributed by atoms with van der Waals surface area (Å²) in [4.78, 5) is 12.4. The molecule has 0 bridgehead atoms. The summed E-state index contributed by atoms with van der Waals surface area (Å²) in [5.74, 6) is 1.79. The Labute approximate surface area is 161 Å². The van der Waals surface area contributed by atoms with Crippen LogP contribution in [0.3, 0.4) is 0 Å². The monoisotopic (exact) mass is 369 g/mol. The number of quaternary nitrogens is 1. The second kappa shape index (κ2) is 8.91. The fourth-order valence-corrected chi connectivity index (χ4v) is 3.41. The lowest BCUT2D eigenvalue weighted by molar-refractivity contribution is -0.692. The number of ether oxygens (including phenoxy) is 2. The summed E-state index contributed by atoms with van der Waals surface area (Å²) in [5, 5.41) is 5.05. The molecule has 3 N–H and O–H groups in total. The molecule has 0 aromatic heterocycles. The van der Waals surface area contributed by atoms with Gasteiger partial charge in [0.1, 0.15) is 6.04 Å². The molecule has 2 aromatic carbocycles. The van der Waals surface area contributed by atoms with Gasteiger partial charge >= 0.3 is 0 Å². The van der Waals surface area contributed by atoms with E-state index >= 15 is 0 Å². The number of carbonyl (C=O) groups excluding carboxylic acids is 1. The molecule has 1 amide bonds. The lowest BCUT2D eigenvalue weighted by atomic mass is 9.94. The number of fused-ring (bicyclic) bond motifs is 1. The van der Waals surface area contributed by atoms with Gasteiger partial charge in [-0.25, -0.2) is 0 Å². The van der Waals surface area contributed by atoms with E-state index in [2.05, 4.69) is 55.7 Å². The Morgan fingerprint density at radius 1 is 1.11 bits per heavy atom. The summed E-state index contributed by atoms with van der Waals surface area (Å²) < 4.78 is 10.6. The summed E-state index contributed by atoms with van der Waals surface area (Å²) in [7, 11) is 0. The first-order chi connectivity index (χ1) is 13.1. The van der Waals surface area contributed by atoms with E-state index in [0.717, 1.165) is 18.5 Å². The molecular formula is C22H29N2O3+. The molecule has 0 spiro atoms. The number of hydrogen-bond acceptors (Lipinski definition) is 3. The fourth-order valence-electron chi connectivity index (χ4n) is 3.41. The van der Waals surface area contributed by atoms with Crippen molar-refractivity contribution in [1.82, 2.24) is 0 Å². The topological polar surface area (TPSA) is 64.2 Å². The maximum absolute atomic E-state index is 12.4. The lowest BCUT2D eigenvalue weighted by Crippen LogP contribution is -2.88. The van der Waals surface area contributed by atoms with Gasteiger partial charge in [0, 0.05) is 23.2 Å². The van der Waals surface area contributed by atoms with Crippen LogP contribution in [-0.4, -0.2) is 19.2 Å². The molecule has 0 saturated carbocycles. The number of anilines is 1. The average molecular weight is 369 g/mol. The van der Waals surface area contributed by atoms with E-state index in [1.165, 1.54) is 11.1 Å². The van der Waals surface area contributed by atoms with Gasteiger partial charge in [-0.15, -0.1) is 0 Å². The molecule has 1 heterocycles. The van der Waals surface area contributed by atoms with Crippen LogP contribution < -0.4 is 20.1 Å². The summed E-state index contributed by atoms with van der Waals surface area (Å²) >= 11 is 0. The van der Waals surface area contributed by atoms with Crippen LogP contribution in [0.25, 0.3) is 0 Å². The van der Waals surface area contributed by atoms with Crippen molar-refractivity contribution < 1.29 is 19.6 Å². The number of hydrogen-bond donors (Lipinski definition) is 2. The number of nitrogens with two attached hydrogens (primary N) is 1. The van der Waals surface area contributed by atoms with Gasteiger partial charge in [0.15, 0.2) is 18.0 Å². The molecule has 1 aliphatic rings. The SMILES string of the molecule is CCCc1ccc([C@@H]([NH2+]CC(=O)Nc2ccc3c(c2)OCO3)C(C)C)cc1. The van der Waals surface area contributed by atoms with Crippen LogP contribution in [0.15, 0.2) is 42.5 Å². The molecule has 144 valence electrons. The zero-order valence-corrected chi connectivity index (χ0v) is 16.3. The molecule has 0 radical (unpaired) electrons. The zero-order chi connectivity index (χ0) is 19.2. The lowest BCUT2D eigenvalue weighted by Gasteiger charge is -2.20. The largest absolute Gasteiger partial charge is 0.454 e. The van der Waals surface area contributed by atoms with E-state index in [-0.39, 0.29) is 18.7 Å². The number of carbonyl (C=O) groups is 1. The highest BCUT2D eigenvalue weighted by molar-refractivity contribution is 5.91. The van der Waals surface area contributed by atoms with E-state index in [4.69, 9.17) is 9.47 Å². The van der Waals surface area contributed by atoms with Gasteiger partial charge < -0.3 is 20.1 Å². The Bertz CT molecular complexity index is 772. The summed E-state index contributed by atoms with van der Waals surface area (Å²) in [6, 6.07) is 14.5. The standard InChI is InChI=1S/C22H28N2O3/c1-4-5-16-6-8-17(9-7-16)22(15(2)3)23-13-21(25)24-18-10-11-19-20(12-18)27-14-26-19/h6-12,15,22-23H,4-5,13-14H2,1-3H3,(H,24,25)/p+1/t22-/m0/s1. The van der Waals surface area contributed by atoms with Crippen molar-refractivity contribution in [3.05, 3.63) is 53.6 Å². The smallest absolute Gasteiger partial charge is 0.279 e. The van der Waals surface area contributed by atoms with Gasteiger partial charge in [0.2, 0.25) is 6.79 Å². The quantitative estimate of drug-likeness (QED) is 0.751. The molecule has 2 aromatic rings. The maximum atomic E-state index is 12.4. The Kier molecular flexibility index (Phi) is 6.35. The molecule has 0 fully saturated rings. The van der Waals surface area contributed by atoms with Crippen LogP contribution in [0.4, 0.5) is 5.69 Å². The minimum Gasteiger partial charge on any atom is -0.454 e. The third-order valence-corrected chi connectivity index (χ3v) is 4.84. The highest BCUT2D eigenvalue weighted by atomic mass is 16.7. The van der Waals surface area contributed by atoms with Crippen molar-refractivity contribution >= 4 is 11.6 Å². The summed E-state index contributed by atoms with van der Waals surface area (Å²) in [6.45, 7) is 7.17. The fraction of sp³-hybridized carbons (Fsp3) is 0.409. The van der Waals surface area contributed by atoms with Crippen LogP contribution >= 0.6 is 0 Å². The predicted molar refractivity (Wildman–Crippen MR) is 106 cm³/mol. The molecule has 1 aliphatic heterocycles. The predicted octanol–water partition coefficient (Wildman–Crippen LogP) is 3.27. The van der Waals surface area contributed by atoms with Crippen molar-refractivity contribution in [1.29, 1.82) is 0 Å². The van der Waals surface area contributed by atoms with Gasteiger partial charge in [-0.2, -0.15) is 0 Å². The third-order valence-electron chi connectivity index (χ3n) is 4.84. The molecule has 27 heavy (non-hydrogen) atoms. The van der Waals surface area contributed by atoms with Gasteiger partial charge in [0.05, 0.1) is 0 Å². The molecule has 0 saturated heterocycles. The van der Waals surface area contributed by atoms with Crippen molar-refractivity contribution in [2.45, 2.75) is 39.7 Å². The Hall–Kier alpha value is -2.53. The molecular weight excluding hydrogens is 340 g/mol. The van der Waals surface area contributed by atoms with Crippen LogP contribution in [0.2, 0.25) is 0 Å². The van der Waals surface area contributed by atoms with E-state index in [0.29, 0.717) is 24.0 Å². The van der Waals surface area contributed by atoms with Crippen molar-refractivity contribution in [3.63, 3.8) is 0 Å². The Balaban J connectivity index is 1.57. The highest BCUT2D eigenvalue weighted by Crippen LogP contribution is 2.34. The average Bonchev–Trinajstić information content (AvgIpc) is 3.11. The minimum absolute atomic E-state index is 0.0258. The Morgan fingerprint density at radius 3 is 2.56 bits per heavy atom. The maximum Gasteiger partial charge on any atom is 0.279 e. The number of nitrogens with one attached hydrogen (secondary N) is 1. The van der Waals surface area contributed by atoms with Crippen LogP contribution in [-0.2, 0) is 11.2 Å². The van der Waals surface area contributed by atoms with Crippen molar-refractivity contribution in [3.8, 4) is 11.5 Å². The molecule has 0 aliphatic carbocycles. The number of aryl methyl sites for hydroxylation is 1. The van der Waals surface area contributed by atoms with E-state index in [9.17, 15) is 4.79 Å². The molecule has 3 rings (SSSR count). The van der Waals surface area contributed by atoms with E-state index in [1.807, 2.05) is 12.1 Å². The van der Waals surface area contributed by atoms with Gasteiger partial charge in [0.25, 0.3) is 5.91 Å².